The number of rotatable bonds is 2. The van der Waals surface area contributed by atoms with Gasteiger partial charge in [0.1, 0.15) is 0 Å². The van der Waals surface area contributed by atoms with Gasteiger partial charge in [-0.2, -0.15) is 0 Å². The van der Waals surface area contributed by atoms with Crippen molar-refractivity contribution in [3.63, 3.8) is 0 Å². The van der Waals surface area contributed by atoms with Crippen LogP contribution in [-0.2, 0) is 5.41 Å². The van der Waals surface area contributed by atoms with Gasteiger partial charge in [-0.1, -0.05) is 91.0 Å². The third-order valence-corrected chi connectivity index (χ3v) is 12.2. The second kappa shape index (κ2) is 9.04. The summed E-state index contributed by atoms with van der Waals surface area (Å²) in [6.45, 7) is 0.151. The van der Waals surface area contributed by atoms with Gasteiger partial charge in [-0.15, -0.1) is 0 Å². The number of nitrogens with zero attached hydrogens (tertiary/aromatic N) is 2. The molecule has 0 unspecified atom stereocenters. The number of hydrogen-bond donors (Lipinski definition) is 0. The molecule has 3 aliphatic carbocycles. The van der Waals surface area contributed by atoms with E-state index in [4.69, 9.17) is 0 Å². The van der Waals surface area contributed by atoms with Crippen molar-refractivity contribution in [3.05, 3.63) is 151 Å². The van der Waals surface area contributed by atoms with Crippen LogP contribution in [0, 0.1) is 11.8 Å². The minimum absolute atomic E-state index is 0.0948. The fourth-order valence-electron chi connectivity index (χ4n) is 10.8. The second-order valence-corrected chi connectivity index (χ2v) is 13.9. The van der Waals surface area contributed by atoms with Gasteiger partial charge in [0.25, 0.3) is 6.71 Å². The molecule has 2 saturated carbocycles. The molecule has 3 heteroatoms. The van der Waals surface area contributed by atoms with Crippen LogP contribution in [0.25, 0.3) is 11.1 Å². The van der Waals surface area contributed by atoms with Crippen molar-refractivity contribution < 1.29 is 0 Å². The fraction of sp³-hybridized carbons (Fsp3) is 0.163. The summed E-state index contributed by atoms with van der Waals surface area (Å²) in [7, 11) is 0. The first-order chi connectivity index (χ1) is 22.9. The summed E-state index contributed by atoms with van der Waals surface area (Å²) in [6.07, 6.45) is 5.37. The molecule has 0 amide bonds. The van der Waals surface area contributed by atoms with Crippen molar-refractivity contribution in [2.75, 3.05) is 9.80 Å². The van der Waals surface area contributed by atoms with Gasteiger partial charge in [0.15, 0.2) is 0 Å². The Kier molecular flexibility index (Phi) is 4.95. The summed E-state index contributed by atoms with van der Waals surface area (Å²) >= 11 is 0. The molecule has 6 aromatic carbocycles. The van der Waals surface area contributed by atoms with Crippen molar-refractivity contribution in [1.82, 2.24) is 0 Å². The molecule has 2 bridgehead atoms. The number of fused-ring (bicyclic) bond motifs is 8. The Morgan fingerprint density at radius 3 is 1.70 bits per heavy atom. The molecule has 218 valence electrons. The zero-order valence-corrected chi connectivity index (χ0v) is 25.7. The monoisotopic (exact) mass is 588 g/mol. The first-order valence-electron chi connectivity index (χ1n) is 17.0. The summed E-state index contributed by atoms with van der Waals surface area (Å²) in [5.74, 6) is 1.40. The molecule has 2 heterocycles. The first kappa shape index (κ1) is 25.2. The van der Waals surface area contributed by atoms with E-state index in [1.165, 1.54) is 87.3 Å². The van der Waals surface area contributed by atoms with Crippen LogP contribution in [0.4, 0.5) is 34.1 Å². The second-order valence-electron chi connectivity index (χ2n) is 13.9. The molecule has 1 spiro atoms. The molecule has 0 saturated heterocycles. The highest BCUT2D eigenvalue weighted by Gasteiger charge is 2.62. The Bertz CT molecular complexity index is 2170. The predicted octanol–water partition coefficient (Wildman–Crippen LogP) is 8.86. The minimum atomic E-state index is 0.0948. The van der Waals surface area contributed by atoms with Gasteiger partial charge in [0.05, 0.1) is 0 Å². The normalized spacial score (nSPS) is 22.4. The van der Waals surface area contributed by atoms with Gasteiger partial charge >= 0.3 is 0 Å². The van der Waals surface area contributed by atoms with Crippen molar-refractivity contribution in [1.29, 1.82) is 0 Å². The van der Waals surface area contributed by atoms with Crippen molar-refractivity contribution in [2.45, 2.75) is 31.1 Å². The number of anilines is 6. The lowest BCUT2D eigenvalue weighted by Crippen LogP contribution is -2.63. The Morgan fingerprint density at radius 1 is 0.457 bits per heavy atom. The average molecular weight is 589 g/mol. The van der Waals surface area contributed by atoms with Gasteiger partial charge in [0, 0.05) is 39.5 Å². The molecule has 2 aliphatic heterocycles. The quantitative estimate of drug-likeness (QED) is 0.186. The lowest BCUT2D eigenvalue weighted by molar-refractivity contribution is 0.402. The Balaban J connectivity index is 1.30. The van der Waals surface area contributed by atoms with Crippen LogP contribution < -0.4 is 26.2 Å². The van der Waals surface area contributed by atoms with Crippen LogP contribution >= 0.6 is 0 Å². The third kappa shape index (κ3) is 2.95. The highest BCUT2D eigenvalue weighted by atomic mass is 15.2. The standard InChI is InChI=1S/C43H33BN2/c1-3-12-30(13-4-1)45-36-19-10-9-18-35(36)44-41-37(45)20-11-21-38(41)46(31-14-5-2-6-15-31)39-27-26-33-32-16-7-8-17-34(32)43(40(33)42(39)44)28-22-23-29(43)25-24-28/h1-21,26-29H,22-25H2. The molecule has 2 nitrogen and oxygen atoms in total. The van der Waals surface area contributed by atoms with Gasteiger partial charge in [-0.25, -0.2) is 0 Å². The van der Waals surface area contributed by atoms with E-state index in [-0.39, 0.29) is 12.1 Å². The van der Waals surface area contributed by atoms with Gasteiger partial charge < -0.3 is 9.80 Å². The van der Waals surface area contributed by atoms with E-state index in [0.29, 0.717) is 11.8 Å². The van der Waals surface area contributed by atoms with E-state index in [2.05, 4.69) is 149 Å². The summed E-state index contributed by atoms with van der Waals surface area (Å²) in [4.78, 5) is 5.08. The summed E-state index contributed by atoms with van der Waals surface area (Å²) in [5.41, 5.74) is 18.3. The van der Waals surface area contributed by atoms with E-state index in [0.717, 1.165) is 0 Å². The lowest BCUT2D eigenvalue weighted by atomic mass is 9.32. The third-order valence-electron chi connectivity index (χ3n) is 12.2. The van der Waals surface area contributed by atoms with Crippen LogP contribution in [0.1, 0.15) is 36.8 Å². The predicted molar refractivity (Wildman–Crippen MR) is 192 cm³/mol. The van der Waals surface area contributed by atoms with Crippen LogP contribution in [0.2, 0.25) is 0 Å². The smallest absolute Gasteiger partial charge is 0.252 e. The number of hydrogen-bond acceptors (Lipinski definition) is 2. The highest BCUT2D eigenvalue weighted by Crippen LogP contribution is 2.68. The summed E-state index contributed by atoms with van der Waals surface area (Å²) < 4.78 is 0. The van der Waals surface area contributed by atoms with Gasteiger partial charge in [-0.05, 0) is 125 Å². The lowest BCUT2D eigenvalue weighted by Gasteiger charge is -2.46. The number of benzene rings is 6. The van der Waals surface area contributed by atoms with Crippen LogP contribution in [0.5, 0.6) is 0 Å². The topological polar surface area (TPSA) is 6.48 Å². The van der Waals surface area contributed by atoms with Crippen molar-refractivity contribution in [3.8, 4) is 11.1 Å². The molecular formula is C43H33BN2. The van der Waals surface area contributed by atoms with Crippen molar-refractivity contribution >= 4 is 57.2 Å². The Morgan fingerprint density at radius 2 is 1.00 bits per heavy atom. The highest BCUT2D eigenvalue weighted by molar-refractivity contribution is 7.00. The van der Waals surface area contributed by atoms with Crippen molar-refractivity contribution in [2.24, 2.45) is 11.8 Å². The maximum absolute atomic E-state index is 2.58. The molecule has 0 aromatic heterocycles. The van der Waals surface area contributed by atoms with Crippen LogP contribution in [-0.4, -0.2) is 6.71 Å². The molecule has 2 fully saturated rings. The Hall–Kier alpha value is -5.02. The SMILES string of the molecule is c1ccc(N2c3ccccc3B3c4c2cccc4N(c2ccccc2)c2ccc4c(c23)C2(c3ccccc3-4)C3CCC2CC3)cc1. The van der Waals surface area contributed by atoms with E-state index in [1.54, 1.807) is 11.1 Å². The molecular weight excluding hydrogens is 555 g/mol. The molecule has 11 rings (SSSR count). The van der Waals surface area contributed by atoms with E-state index >= 15 is 0 Å². The Labute approximate surface area is 271 Å². The van der Waals surface area contributed by atoms with Gasteiger partial charge in [-0.3, -0.25) is 0 Å². The fourth-order valence-corrected chi connectivity index (χ4v) is 10.8. The maximum atomic E-state index is 2.58. The maximum Gasteiger partial charge on any atom is 0.252 e. The molecule has 0 radical (unpaired) electrons. The minimum Gasteiger partial charge on any atom is -0.311 e. The summed E-state index contributed by atoms with van der Waals surface area (Å²) in [6, 6.07) is 52.6. The molecule has 5 aliphatic rings. The van der Waals surface area contributed by atoms with Crippen LogP contribution in [0.3, 0.4) is 0 Å². The molecule has 6 aromatic rings. The van der Waals surface area contributed by atoms with Crippen LogP contribution in [0.15, 0.2) is 140 Å². The first-order valence-corrected chi connectivity index (χ1v) is 17.0. The van der Waals surface area contributed by atoms with Gasteiger partial charge in [0.2, 0.25) is 0 Å². The van der Waals surface area contributed by atoms with E-state index < -0.39 is 0 Å². The summed E-state index contributed by atoms with van der Waals surface area (Å²) in [5, 5.41) is 0. The van der Waals surface area contributed by atoms with E-state index in [9.17, 15) is 0 Å². The zero-order chi connectivity index (χ0) is 30.0. The molecule has 0 atom stereocenters. The molecule has 0 N–H and O–H groups in total. The largest absolute Gasteiger partial charge is 0.311 e. The number of para-hydroxylation sites is 3. The zero-order valence-electron chi connectivity index (χ0n) is 25.7. The van der Waals surface area contributed by atoms with E-state index in [1.807, 2.05) is 0 Å². The molecule has 46 heavy (non-hydrogen) atoms. The average Bonchev–Trinajstić information content (AvgIpc) is 3.77.